The first-order valence-electron chi connectivity index (χ1n) is 6.97. The van der Waals surface area contributed by atoms with Gasteiger partial charge in [-0.15, -0.1) is 0 Å². The van der Waals surface area contributed by atoms with Gasteiger partial charge in [0, 0.05) is 13.1 Å². The van der Waals surface area contributed by atoms with Gasteiger partial charge in [-0.25, -0.2) is 4.79 Å². The van der Waals surface area contributed by atoms with Crippen LogP contribution in [0.15, 0.2) is 27.4 Å². The minimum absolute atomic E-state index is 0.296. The van der Waals surface area contributed by atoms with E-state index in [0.717, 1.165) is 24.8 Å². The molecule has 19 heavy (non-hydrogen) atoms. The minimum Gasteiger partial charge on any atom is -0.408 e. The van der Waals surface area contributed by atoms with Crippen LogP contribution in [-0.2, 0) is 13.5 Å². The van der Waals surface area contributed by atoms with Gasteiger partial charge in [0.1, 0.15) is 0 Å². The average molecular weight is 260 g/mol. The third-order valence-electron chi connectivity index (χ3n) is 4.27. The number of nitrogens with zero attached hydrogens (tertiary/aromatic N) is 1. The summed E-state index contributed by atoms with van der Waals surface area (Å²) in [7, 11) is 1.73. The average Bonchev–Trinajstić information content (AvgIpc) is 2.68. The number of aryl methyl sites for hydroxylation is 1. The zero-order chi connectivity index (χ0) is 13.4. The van der Waals surface area contributed by atoms with E-state index in [4.69, 9.17) is 10.2 Å². The SMILES string of the molecule is Cn1c(=O)oc2cc(CC3CCC(N)CC3)ccc21. The summed E-state index contributed by atoms with van der Waals surface area (Å²) >= 11 is 0. The molecule has 0 radical (unpaired) electrons. The monoisotopic (exact) mass is 260 g/mol. The summed E-state index contributed by atoms with van der Waals surface area (Å²) < 4.78 is 6.77. The highest BCUT2D eigenvalue weighted by molar-refractivity contribution is 5.73. The second-order valence-corrected chi connectivity index (χ2v) is 5.71. The first kappa shape index (κ1) is 12.5. The molecule has 0 atom stereocenters. The minimum atomic E-state index is -0.296. The molecule has 1 aromatic carbocycles. The maximum Gasteiger partial charge on any atom is 0.419 e. The van der Waals surface area contributed by atoms with Crippen molar-refractivity contribution in [3.63, 3.8) is 0 Å². The Bertz CT molecular complexity index is 633. The maximum atomic E-state index is 11.5. The predicted octanol–water partition coefficient (Wildman–Crippen LogP) is 2.19. The zero-order valence-electron chi connectivity index (χ0n) is 11.3. The van der Waals surface area contributed by atoms with Crippen LogP contribution in [0.5, 0.6) is 0 Å². The Labute approximate surface area is 112 Å². The molecule has 0 amide bonds. The highest BCUT2D eigenvalue weighted by Gasteiger charge is 2.19. The lowest BCUT2D eigenvalue weighted by Gasteiger charge is -2.25. The van der Waals surface area contributed by atoms with Gasteiger partial charge in [-0.05, 0) is 55.7 Å². The van der Waals surface area contributed by atoms with Crippen molar-refractivity contribution < 1.29 is 4.42 Å². The van der Waals surface area contributed by atoms with Crippen molar-refractivity contribution in [3.05, 3.63) is 34.3 Å². The lowest BCUT2D eigenvalue weighted by molar-refractivity contribution is 0.325. The molecule has 1 aliphatic rings. The standard InChI is InChI=1S/C15H20N2O2/c1-17-13-7-4-11(9-14(13)19-15(17)18)8-10-2-5-12(16)6-3-10/h4,7,9-10,12H,2-3,5-6,8,16H2,1H3. The lowest BCUT2D eigenvalue weighted by Crippen LogP contribution is -2.27. The van der Waals surface area contributed by atoms with Gasteiger partial charge < -0.3 is 10.2 Å². The quantitative estimate of drug-likeness (QED) is 0.900. The molecule has 4 nitrogen and oxygen atoms in total. The van der Waals surface area contributed by atoms with E-state index in [-0.39, 0.29) is 5.76 Å². The molecule has 1 heterocycles. The molecule has 102 valence electrons. The molecule has 3 rings (SSSR count). The van der Waals surface area contributed by atoms with E-state index in [2.05, 4.69) is 6.07 Å². The van der Waals surface area contributed by atoms with Crippen LogP contribution in [0.1, 0.15) is 31.2 Å². The zero-order valence-corrected chi connectivity index (χ0v) is 11.3. The van der Waals surface area contributed by atoms with Gasteiger partial charge in [0.05, 0.1) is 5.52 Å². The summed E-state index contributed by atoms with van der Waals surface area (Å²) in [5.74, 6) is 0.420. The van der Waals surface area contributed by atoms with E-state index in [1.54, 1.807) is 11.6 Å². The van der Waals surface area contributed by atoms with Crippen LogP contribution in [0.3, 0.4) is 0 Å². The van der Waals surface area contributed by atoms with Crippen molar-refractivity contribution in [2.24, 2.45) is 18.7 Å². The summed E-state index contributed by atoms with van der Waals surface area (Å²) in [4.78, 5) is 11.5. The summed E-state index contributed by atoms with van der Waals surface area (Å²) in [6.45, 7) is 0. The van der Waals surface area contributed by atoms with Crippen LogP contribution in [0.2, 0.25) is 0 Å². The van der Waals surface area contributed by atoms with Gasteiger partial charge in [0.25, 0.3) is 0 Å². The fourth-order valence-electron chi connectivity index (χ4n) is 3.03. The third-order valence-corrected chi connectivity index (χ3v) is 4.27. The molecular formula is C15H20N2O2. The van der Waals surface area contributed by atoms with Crippen LogP contribution < -0.4 is 11.5 Å². The van der Waals surface area contributed by atoms with E-state index in [0.29, 0.717) is 17.5 Å². The van der Waals surface area contributed by atoms with Gasteiger partial charge in [-0.3, -0.25) is 4.57 Å². The highest BCUT2D eigenvalue weighted by Crippen LogP contribution is 2.27. The summed E-state index contributed by atoms with van der Waals surface area (Å²) in [5.41, 5.74) is 8.74. The molecule has 0 bridgehead atoms. The molecule has 1 fully saturated rings. The van der Waals surface area contributed by atoms with E-state index >= 15 is 0 Å². The maximum absolute atomic E-state index is 11.5. The Kier molecular flexibility index (Phi) is 3.19. The number of oxazole rings is 1. The summed E-state index contributed by atoms with van der Waals surface area (Å²) in [6.07, 6.45) is 5.73. The fraction of sp³-hybridized carbons (Fsp3) is 0.533. The Morgan fingerprint density at radius 1 is 1.32 bits per heavy atom. The largest absolute Gasteiger partial charge is 0.419 e. The predicted molar refractivity (Wildman–Crippen MR) is 75.1 cm³/mol. The summed E-state index contributed by atoms with van der Waals surface area (Å²) in [6, 6.07) is 6.48. The molecule has 2 N–H and O–H groups in total. The Morgan fingerprint density at radius 2 is 2.05 bits per heavy atom. The van der Waals surface area contributed by atoms with E-state index in [9.17, 15) is 4.79 Å². The van der Waals surface area contributed by atoms with E-state index in [1.165, 1.54) is 18.4 Å². The van der Waals surface area contributed by atoms with Crippen LogP contribution in [-0.4, -0.2) is 10.6 Å². The molecule has 0 saturated heterocycles. The number of aromatic nitrogens is 1. The van der Waals surface area contributed by atoms with Crippen molar-refractivity contribution in [1.29, 1.82) is 0 Å². The van der Waals surface area contributed by atoms with E-state index in [1.807, 2.05) is 12.1 Å². The molecule has 4 heteroatoms. The normalized spacial score (nSPS) is 23.9. The van der Waals surface area contributed by atoms with Crippen molar-refractivity contribution in [3.8, 4) is 0 Å². The van der Waals surface area contributed by atoms with Gasteiger partial charge in [0.15, 0.2) is 5.58 Å². The van der Waals surface area contributed by atoms with Crippen LogP contribution in [0.4, 0.5) is 0 Å². The van der Waals surface area contributed by atoms with Gasteiger partial charge >= 0.3 is 5.76 Å². The topological polar surface area (TPSA) is 61.2 Å². The second-order valence-electron chi connectivity index (χ2n) is 5.71. The van der Waals surface area contributed by atoms with Crippen LogP contribution in [0.25, 0.3) is 11.1 Å². The highest BCUT2D eigenvalue weighted by atomic mass is 16.4. The number of hydrogen-bond donors (Lipinski definition) is 1. The fourth-order valence-corrected chi connectivity index (χ4v) is 3.03. The molecule has 0 unspecified atom stereocenters. The third kappa shape index (κ3) is 2.45. The lowest BCUT2D eigenvalue weighted by atomic mass is 9.83. The van der Waals surface area contributed by atoms with Crippen molar-refractivity contribution in [1.82, 2.24) is 4.57 Å². The van der Waals surface area contributed by atoms with Crippen molar-refractivity contribution in [2.45, 2.75) is 38.1 Å². The molecule has 0 aliphatic heterocycles. The Balaban J connectivity index is 1.80. The Morgan fingerprint density at radius 3 is 2.79 bits per heavy atom. The number of nitrogens with two attached hydrogens (primary N) is 1. The second kappa shape index (κ2) is 4.85. The van der Waals surface area contributed by atoms with Gasteiger partial charge in [0.2, 0.25) is 0 Å². The van der Waals surface area contributed by atoms with E-state index < -0.39 is 0 Å². The molecule has 1 saturated carbocycles. The first-order chi connectivity index (χ1) is 9.13. The number of hydrogen-bond acceptors (Lipinski definition) is 3. The number of rotatable bonds is 2. The molecular weight excluding hydrogens is 240 g/mol. The smallest absolute Gasteiger partial charge is 0.408 e. The van der Waals surface area contributed by atoms with Crippen LogP contribution in [0, 0.1) is 5.92 Å². The Hall–Kier alpha value is -1.55. The number of fused-ring (bicyclic) bond motifs is 1. The molecule has 2 aromatic rings. The van der Waals surface area contributed by atoms with Crippen molar-refractivity contribution in [2.75, 3.05) is 0 Å². The molecule has 1 aliphatic carbocycles. The number of benzene rings is 1. The molecule has 1 aromatic heterocycles. The van der Waals surface area contributed by atoms with Crippen LogP contribution >= 0.6 is 0 Å². The first-order valence-corrected chi connectivity index (χ1v) is 6.97. The summed E-state index contributed by atoms with van der Waals surface area (Å²) in [5, 5.41) is 0. The van der Waals surface area contributed by atoms with Gasteiger partial charge in [-0.1, -0.05) is 6.07 Å². The van der Waals surface area contributed by atoms with Crippen molar-refractivity contribution >= 4 is 11.1 Å². The molecule has 0 spiro atoms. The van der Waals surface area contributed by atoms with Gasteiger partial charge in [-0.2, -0.15) is 0 Å².